The topological polar surface area (TPSA) is 129 Å². The number of carbonyl (C=O) groups is 1. The van der Waals surface area contributed by atoms with E-state index in [2.05, 4.69) is 20.1 Å². The summed E-state index contributed by atoms with van der Waals surface area (Å²) in [4.78, 5) is 17.3. The van der Waals surface area contributed by atoms with Gasteiger partial charge in [0.15, 0.2) is 5.13 Å². The number of hydrogen-bond donors (Lipinski definition) is 2. The Kier molecular flexibility index (Phi) is 6.43. The first-order valence-corrected chi connectivity index (χ1v) is 10.9. The first-order chi connectivity index (χ1) is 14.1. The van der Waals surface area contributed by atoms with Crippen molar-refractivity contribution in [3.05, 3.63) is 41.5 Å². The van der Waals surface area contributed by atoms with Crippen LogP contribution in [-0.2, 0) is 21.4 Å². The van der Waals surface area contributed by atoms with Gasteiger partial charge in [-0.05, 0) is 31.2 Å². The fourth-order valence-electron chi connectivity index (χ4n) is 2.52. The Hall–Kier alpha value is -2.90. The fourth-order valence-corrected chi connectivity index (χ4v) is 3.84. The number of alkyl halides is 2. The molecule has 0 radical (unpaired) electrons. The van der Waals surface area contributed by atoms with Crippen molar-refractivity contribution in [2.45, 2.75) is 31.4 Å². The Morgan fingerprint density at radius 3 is 2.63 bits per heavy atom. The van der Waals surface area contributed by atoms with Crippen LogP contribution >= 0.6 is 11.3 Å². The van der Waals surface area contributed by atoms with Crippen molar-refractivity contribution >= 4 is 32.4 Å². The second-order valence-corrected chi connectivity index (χ2v) is 8.87. The molecule has 0 fully saturated rings. The Bertz CT molecular complexity index is 1140. The zero-order valence-corrected chi connectivity index (χ0v) is 17.2. The van der Waals surface area contributed by atoms with Crippen molar-refractivity contribution in [3.63, 3.8) is 0 Å². The van der Waals surface area contributed by atoms with E-state index >= 15 is 0 Å². The van der Waals surface area contributed by atoms with Gasteiger partial charge in [-0.25, -0.2) is 18.5 Å². The summed E-state index contributed by atoms with van der Waals surface area (Å²) in [6, 6.07) is 6.04. The van der Waals surface area contributed by atoms with Crippen molar-refractivity contribution in [1.82, 2.24) is 14.8 Å². The Morgan fingerprint density at radius 2 is 2.03 bits per heavy atom. The van der Waals surface area contributed by atoms with E-state index < -0.39 is 16.6 Å². The van der Waals surface area contributed by atoms with Gasteiger partial charge in [-0.3, -0.25) is 9.48 Å². The lowest BCUT2D eigenvalue weighted by molar-refractivity contribution is -0.116. The maximum absolute atomic E-state index is 12.2. The molecule has 3 rings (SSSR count). The Labute approximate surface area is 174 Å². The number of ether oxygens (including phenoxy) is 1. The van der Waals surface area contributed by atoms with Crippen LogP contribution in [0.5, 0.6) is 5.75 Å². The Morgan fingerprint density at radius 1 is 1.33 bits per heavy atom. The lowest BCUT2D eigenvalue weighted by Crippen LogP contribution is -2.15. The number of aryl methyl sites for hydroxylation is 2. The number of rotatable bonds is 8. The summed E-state index contributed by atoms with van der Waals surface area (Å²) in [5.41, 5.74) is 1.31. The van der Waals surface area contributed by atoms with Crippen LogP contribution in [0.2, 0.25) is 0 Å². The largest absolute Gasteiger partial charge is 0.435 e. The predicted molar refractivity (Wildman–Crippen MR) is 106 cm³/mol. The number of hydrogen-bond acceptors (Lipinski definition) is 7. The SMILES string of the molecule is Cc1sc(NC(=O)CCn2cc(S(N)(=O)=O)cn2)nc1-c1ccc(OC(F)F)cc1. The van der Waals surface area contributed by atoms with Gasteiger partial charge in [-0.1, -0.05) is 0 Å². The highest BCUT2D eigenvalue weighted by Gasteiger charge is 2.14. The summed E-state index contributed by atoms with van der Waals surface area (Å²) >= 11 is 1.27. The molecular weight excluding hydrogens is 440 g/mol. The minimum Gasteiger partial charge on any atom is -0.435 e. The molecule has 0 bridgehead atoms. The summed E-state index contributed by atoms with van der Waals surface area (Å²) in [6.07, 6.45) is 2.40. The zero-order chi connectivity index (χ0) is 21.9. The van der Waals surface area contributed by atoms with Gasteiger partial charge in [0.05, 0.1) is 11.9 Å². The Balaban J connectivity index is 1.61. The molecule has 0 atom stereocenters. The van der Waals surface area contributed by atoms with E-state index in [4.69, 9.17) is 5.14 Å². The van der Waals surface area contributed by atoms with Crippen LogP contribution in [-0.4, -0.2) is 35.7 Å². The number of carbonyl (C=O) groups excluding carboxylic acids is 1. The van der Waals surface area contributed by atoms with E-state index in [1.165, 1.54) is 34.3 Å². The summed E-state index contributed by atoms with van der Waals surface area (Å²) in [5, 5.41) is 11.9. The molecule has 9 nitrogen and oxygen atoms in total. The second-order valence-electron chi connectivity index (χ2n) is 6.11. The number of primary sulfonamides is 1. The number of anilines is 1. The minimum atomic E-state index is -3.84. The maximum atomic E-state index is 12.2. The van der Waals surface area contributed by atoms with Crippen molar-refractivity contribution < 1.29 is 26.7 Å². The van der Waals surface area contributed by atoms with Gasteiger partial charge in [-0.15, -0.1) is 11.3 Å². The lowest BCUT2D eigenvalue weighted by atomic mass is 10.1. The van der Waals surface area contributed by atoms with Crippen molar-refractivity contribution in [1.29, 1.82) is 0 Å². The molecule has 0 aliphatic rings. The minimum absolute atomic E-state index is 0.0410. The molecule has 1 amide bonds. The summed E-state index contributed by atoms with van der Waals surface area (Å²) in [7, 11) is -3.84. The van der Waals surface area contributed by atoms with Crippen LogP contribution in [0.1, 0.15) is 11.3 Å². The summed E-state index contributed by atoms with van der Waals surface area (Å²) in [5.74, 6) is -0.289. The number of amides is 1. The molecule has 0 spiro atoms. The third-order valence-electron chi connectivity index (χ3n) is 3.90. The number of nitrogens with one attached hydrogen (secondary N) is 1. The number of thiazole rings is 1. The van der Waals surface area contributed by atoms with Crippen molar-refractivity contribution in [2.75, 3.05) is 5.32 Å². The molecular formula is C17H17F2N5O4S2. The number of nitrogens with zero attached hydrogens (tertiary/aromatic N) is 3. The molecule has 0 saturated carbocycles. The number of aromatic nitrogens is 3. The van der Waals surface area contributed by atoms with Crippen molar-refractivity contribution in [3.8, 4) is 17.0 Å². The first kappa shape index (κ1) is 21.8. The molecule has 0 saturated heterocycles. The molecule has 160 valence electrons. The highest BCUT2D eigenvalue weighted by molar-refractivity contribution is 7.89. The molecule has 3 N–H and O–H groups in total. The van der Waals surface area contributed by atoms with Gasteiger partial charge in [0, 0.05) is 29.6 Å². The number of benzene rings is 1. The van der Waals surface area contributed by atoms with Crippen LogP contribution < -0.4 is 15.2 Å². The van der Waals surface area contributed by atoms with E-state index in [1.54, 1.807) is 12.1 Å². The van der Waals surface area contributed by atoms with E-state index in [0.717, 1.165) is 11.1 Å². The van der Waals surface area contributed by atoms with Crippen LogP contribution in [0.3, 0.4) is 0 Å². The summed E-state index contributed by atoms with van der Waals surface area (Å²) < 4.78 is 52.6. The number of nitrogens with two attached hydrogens (primary N) is 1. The normalized spacial score (nSPS) is 11.6. The highest BCUT2D eigenvalue weighted by atomic mass is 32.2. The van der Waals surface area contributed by atoms with E-state index in [-0.39, 0.29) is 29.5 Å². The molecule has 30 heavy (non-hydrogen) atoms. The molecule has 0 aliphatic carbocycles. The molecule has 0 unspecified atom stereocenters. The fraction of sp³-hybridized carbons (Fsp3) is 0.235. The maximum Gasteiger partial charge on any atom is 0.387 e. The smallest absolute Gasteiger partial charge is 0.387 e. The average molecular weight is 457 g/mol. The second kappa shape index (κ2) is 8.85. The highest BCUT2D eigenvalue weighted by Crippen LogP contribution is 2.31. The lowest BCUT2D eigenvalue weighted by Gasteiger charge is -2.05. The van der Waals surface area contributed by atoms with Crippen LogP contribution in [0, 0.1) is 6.92 Å². The van der Waals surface area contributed by atoms with Crippen LogP contribution in [0.4, 0.5) is 13.9 Å². The van der Waals surface area contributed by atoms with Gasteiger partial charge in [0.2, 0.25) is 15.9 Å². The number of halogens is 2. The molecule has 13 heteroatoms. The summed E-state index contributed by atoms with van der Waals surface area (Å²) in [6.45, 7) is -0.915. The quantitative estimate of drug-likeness (QED) is 0.535. The average Bonchev–Trinajstić information content (AvgIpc) is 3.27. The first-order valence-electron chi connectivity index (χ1n) is 8.49. The van der Waals surface area contributed by atoms with Crippen LogP contribution in [0.15, 0.2) is 41.6 Å². The molecule has 2 heterocycles. The molecule has 2 aromatic heterocycles. The van der Waals surface area contributed by atoms with E-state index in [0.29, 0.717) is 16.4 Å². The standard InChI is InChI=1S/C17H17F2N5O4S2/c1-10-15(11-2-4-12(5-3-11)28-16(18)19)23-17(29-10)22-14(25)6-7-24-9-13(8-21-24)30(20,26)27/h2-5,8-9,16H,6-7H2,1H3,(H2,20,26,27)(H,22,23,25). The molecule has 0 aliphatic heterocycles. The third kappa shape index (κ3) is 5.58. The molecule has 3 aromatic rings. The zero-order valence-electron chi connectivity index (χ0n) is 15.6. The van der Waals surface area contributed by atoms with E-state index in [9.17, 15) is 22.0 Å². The van der Waals surface area contributed by atoms with Crippen molar-refractivity contribution in [2.24, 2.45) is 5.14 Å². The van der Waals surface area contributed by atoms with E-state index in [1.807, 2.05) is 6.92 Å². The van der Waals surface area contributed by atoms with Gasteiger partial charge in [0.1, 0.15) is 10.6 Å². The van der Waals surface area contributed by atoms with Gasteiger partial charge in [-0.2, -0.15) is 13.9 Å². The number of sulfonamides is 1. The third-order valence-corrected chi connectivity index (χ3v) is 5.66. The van der Waals surface area contributed by atoms with Gasteiger partial charge < -0.3 is 10.1 Å². The van der Waals surface area contributed by atoms with Crippen LogP contribution in [0.25, 0.3) is 11.3 Å². The van der Waals surface area contributed by atoms with Gasteiger partial charge >= 0.3 is 6.61 Å². The van der Waals surface area contributed by atoms with Gasteiger partial charge in [0.25, 0.3) is 0 Å². The predicted octanol–water partition coefficient (Wildman–Crippen LogP) is 2.59. The monoisotopic (exact) mass is 457 g/mol. The molecule has 1 aromatic carbocycles.